The number of aromatic nitrogens is 3. The van der Waals surface area contributed by atoms with E-state index in [9.17, 15) is 24.5 Å². The Morgan fingerprint density at radius 3 is 2.72 bits per heavy atom. The topological polar surface area (TPSA) is 147 Å². The molecule has 0 aromatic carbocycles. The van der Waals surface area contributed by atoms with E-state index < -0.39 is 34.5 Å². The third kappa shape index (κ3) is 6.60. The lowest BCUT2D eigenvalue weighted by molar-refractivity contribution is -0.426. The summed E-state index contributed by atoms with van der Waals surface area (Å²) in [7, 11) is 1.53. The van der Waals surface area contributed by atoms with Crippen LogP contribution in [0.15, 0.2) is 70.8 Å². The van der Waals surface area contributed by atoms with Gasteiger partial charge in [0, 0.05) is 32.5 Å². The van der Waals surface area contributed by atoms with Gasteiger partial charge in [-0.25, -0.2) is 9.78 Å². The second-order valence-corrected chi connectivity index (χ2v) is 8.36. The van der Waals surface area contributed by atoms with E-state index in [2.05, 4.69) is 11.6 Å². The zero-order valence-corrected chi connectivity index (χ0v) is 22.0. The first-order chi connectivity index (χ1) is 18.7. The van der Waals surface area contributed by atoms with Crippen molar-refractivity contribution in [3.8, 4) is 0 Å². The van der Waals surface area contributed by atoms with Gasteiger partial charge in [0.15, 0.2) is 5.49 Å². The number of nitrogens with zero attached hydrogens (tertiary/aromatic N) is 5. The van der Waals surface area contributed by atoms with E-state index in [0.717, 1.165) is 5.56 Å². The summed E-state index contributed by atoms with van der Waals surface area (Å²) < 4.78 is 13.2. The van der Waals surface area contributed by atoms with E-state index in [1.807, 2.05) is 0 Å². The summed E-state index contributed by atoms with van der Waals surface area (Å²) in [6.07, 6.45) is 6.84. The molecule has 12 heteroatoms. The van der Waals surface area contributed by atoms with Crippen molar-refractivity contribution in [3.63, 3.8) is 0 Å². The molecular weight excluding hydrogens is 506 g/mol. The van der Waals surface area contributed by atoms with Gasteiger partial charge >= 0.3 is 5.97 Å². The Hall–Kier alpha value is -4.71. The second-order valence-electron chi connectivity index (χ2n) is 8.36. The first kappa shape index (κ1) is 28.9. The maximum absolute atomic E-state index is 13.5. The van der Waals surface area contributed by atoms with Crippen molar-refractivity contribution in [2.45, 2.75) is 33.2 Å². The third-order valence-corrected chi connectivity index (χ3v) is 5.66. The van der Waals surface area contributed by atoms with Crippen LogP contribution >= 0.6 is 0 Å². The summed E-state index contributed by atoms with van der Waals surface area (Å²) in [5, 5.41) is 11.6. The molecule has 3 aromatic rings. The largest absolute Gasteiger partial charge is 0.462 e. The van der Waals surface area contributed by atoms with Crippen LogP contribution < -0.4 is 11.0 Å². The van der Waals surface area contributed by atoms with Crippen LogP contribution in [0.4, 0.5) is 0 Å². The monoisotopic (exact) mass is 535 g/mol. The molecule has 0 radical (unpaired) electrons. The number of methoxy groups -OCH3 is 1. The average Bonchev–Trinajstić information content (AvgIpc) is 2.90. The van der Waals surface area contributed by atoms with Crippen LogP contribution in [0.1, 0.15) is 35.7 Å². The van der Waals surface area contributed by atoms with E-state index in [0.29, 0.717) is 18.7 Å². The van der Waals surface area contributed by atoms with Crippen molar-refractivity contribution in [1.82, 2.24) is 14.0 Å². The van der Waals surface area contributed by atoms with E-state index >= 15 is 0 Å². The Kier molecular flexibility index (Phi) is 9.76. The van der Waals surface area contributed by atoms with Crippen molar-refractivity contribution in [1.29, 1.82) is 0 Å². The minimum Gasteiger partial charge on any atom is -0.462 e. The molecule has 0 unspecified atom stereocenters. The van der Waals surface area contributed by atoms with Crippen LogP contribution in [-0.4, -0.2) is 51.1 Å². The first-order valence-electron chi connectivity index (χ1n) is 12.1. The lowest BCUT2D eigenvalue weighted by Gasteiger charge is -2.15. The third-order valence-electron chi connectivity index (χ3n) is 5.66. The zero-order chi connectivity index (χ0) is 28.5. The van der Waals surface area contributed by atoms with Crippen LogP contribution in [0.3, 0.4) is 0 Å². The predicted molar refractivity (Wildman–Crippen MR) is 144 cm³/mol. The number of rotatable bonds is 11. The maximum Gasteiger partial charge on any atom is 0.341 e. The lowest BCUT2D eigenvalue weighted by atomic mass is 10.2. The number of ether oxygens (including phenoxy) is 2. The number of aryl methyl sites for hydroxylation is 2. The highest BCUT2D eigenvalue weighted by atomic mass is 16.6. The van der Waals surface area contributed by atoms with E-state index in [4.69, 9.17) is 14.5 Å². The fourth-order valence-corrected chi connectivity index (χ4v) is 3.89. The Labute approximate surface area is 223 Å². The number of hydrogen-bond acceptors (Lipinski definition) is 8. The Bertz CT molecular complexity index is 1630. The molecule has 1 amide bonds. The second kappa shape index (κ2) is 13.2. The number of nitro groups is 1. The Balaban J connectivity index is 2.38. The summed E-state index contributed by atoms with van der Waals surface area (Å²) in [6, 6.07) is 4.81. The minimum atomic E-state index is -0.871. The highest BCUT2D eigenvalue weighted by Crippen LogP contribution is 2.14. The van der Waals surface area contributed by atoms with E-state index in [1.54, 1.807) is 32.2 Å². The quantitative estimate of drug-likeness (QED) is 0.0909. The van der Waals surface area contributed by atoms with Crippen molar-refractivity contribution < 1.29 is 24.0 Å². The molecule has 0 aliphatic heterocycles. The Morgan fingerprint density at radius 2 is 2.05 bits per heavy atom. The van der Waals surface area contributed by atoms with Crippen LogP contribution in [0.25, 0.3) is 16.7 Å². The number of hydrogen-bond donors (Lipinski definition) is 0. The Morgan fingerprint density at radius 1 is 1.28 bits per heavy atom. The van der Waals surface area contributed by atoms with Gasteiger partial charge in [-0.05, 0) is 38.0 Å². The van der Waals surface area contributed by atoms with E-state index in [1.165, 1.54) is 46.4 Å². The molecule has 0 N–H and O–H groups in total. The standard InChI is InChI=1S/C27H29N5O7/c1-5-7-8-12-19(32(36)37)16-22(33)28-25-21(27(35)39-6-2)17-20-24(30(25)14-10-15-38-4)29-23-18(3)11-9-13-31(23)26(20)34/h5,7-9,11-13,17H,1,6,10,14-16H2,2-4H3/b8-7+,19-12-,28-25?. The lowest BCUT2D eigenvalue weighted by Crippen LogP contribution is -2.33. The molecule has 0 saturated carbocycles. The van der Waals surface area contributed by atoms with Gasteiger partial charge in [-0.1, -0.05) is 30.9 Å². The summed E-state index contributed by atoms with van der Waals surface area (Å²) in [6.45, 7) is 7.47. The fourth-order valence-electron chi connectivity index (χ4n) is 3.89. The number of pyridine rings is 2. The predicted octanol–water partition coefficient (Wildman–Crippen LogP) is 2.89. The minimum absolute atomic E-state index is 0.0337. The van der Waals surface area contributed by atoms with Crippen LogP contribution in [0.2, 0.25) is 0 Å². The summed E-state index contributed by atoms with van der Waals surface area (Å²) in [4.78, 5) is 59.1. The molecule has 0 atom stereocenters. The van der Waals surface area contributed by atoms with Crippen LogP contribution in [0.5, 0.6) is 0 Å². The highest BCUT2D eigenvalue weighted by Gasteiger charge is 2.22. The highest BCUT2D eigenvalue weighted by molar-refractivity contribution is 5.94. The van der Waals surface area contributed by atoms with Crippen molar-refractivity contribution in [2.75, 3.05) is 20.3 Å². The molecule has 204 valence electrons. The van der Waals surface area contributed by atoms with Gasteiger partial charge in [0.05, 0.1) is 16.9 Å². The van der Waals surface area contributed by atoms with Crippen molar-refractivity contribution in [2.24, 2.45) is 4.99 Å². The summed E-state index contributed by atoms with van der Waals surface area (Å²) in [5.41, 5.74) is 0.251. The van der Waals surface area contributed by atoms with Gasteiger partial charge in [0.2, 0.25) is 0 Å². The normalized spacial score (nSPS) is 12.4. The van der Waals surface area contributed by atoms with Gasteiger partial charge in [0.25, 0.3) is 17.2 Å². The zero-order valence-electron chi connectivity index (χ0n) is 22.0. The molecule has 3 aromatic heterocycles. The fraction of sp³-hybridized carbons (Fsp3) is 0.296. The number of fused-ring (bicyclic) bond motifs is 2. The van der Waals surface area contributed by atoms with Gasteiger partial charge in [-0.15, -0.1) is 0 Å². The van der Waals surface area contributed by atoms with Gasteiger partial charge in [-0.3, -0.25) is 24.1 Å². The molecule has 3 rings (SSSR count). The van der Waals surface area contributed by atoms with Crippen molar-refractivity contribution in [3.05, 3.63) is 98.1 Å². The molecular formula is C27H29N5O7. The smallest absolute Gasteiger partial charge is 0.341 e. The maximum atomic E-state index is 13.5. The molecule has 0 aliphatic carbocycles. The molecule has 0 spiro atoms. The van der Waals surface area contributed by atoms with Gasteiger partial charge < -0.3 is 14.0 Å². The number of carbonyl (C=O) groups is 2. The van der Waals surface area contributed by atoms with Crippen molar-refractivity contribution >= 4 is 28.6 Å². The summed E-state index contributed by atoms with van der Waals surface area (Å²) >= 11 is 0. The van der Waals surface area contributed by atoms with Crippen LogP contribution in [0, 0.1) is 17.0 Å². The van der Waals surface area contributed by atoms with Gasteiger partial charge in [0.1, 0.15) is 23.3 Å². The first-order valence-corrected chi connectivity index (χ1v) is 12.1. The SMILES string of the molecule is C=C/C=C/C=C(/CC(=O)N=c1c(C(=O)OCC)cc2c(=O)n3cccc(C)c3nc2n1CCCOC)[N+](=O)[O-]. The average molecular weight is 536 g/mol. The number of carbonyl (C=O) groups excluding carboxylic acids is 2. The molecule has 0 fully saturated rings. The van der Waals surface area contributed by atoms with Crippen LogP contribution in [-0.2, 0) is 20.8 Å². The molecule has 3 heterocycles. The molecule has 39 heavy (non-hydrogen) atoms. The van der Waals surface area contributed by atoms with Gasteiger partial charge in [-0.2, -0.15) is 4.99 Å². The molecule has 0 bridgehead atoms. The number of allylic oxidation sites excluding steroid dienone is 4. The number of esters is 1. The summed E-state index contributed by atoms with van der Waals surface area (Å²) in [5.74, 6) is -1.68. The number of amides is 1. The molecule has 0 saturated heterocycles. The van der Waals surface area contributed by atoms with E-state index in [-0.39, 0.29) is 35.2 Å². The molecule has 12 nitrogen and oxygen atoms in total. The molecule has 0 aliphatic rings.